The van der Waals surface area contributed by atoms with Crippen LogP contribution >= 0.6 is 0 Å². The van der Waals surface area contributed by atoms with Crippen molar-refractivity contribution < 1.29 is 4.79 Å². The SMILES string of the molecule is CC(=O)C1(N)C=CC=CN1. The summed E-state index contributed by atoms with van der Waals surface area (Å²) in [6.45, 7) is 1.45. The van der Waals surface area contributed by atoms with Gasteiger partial charge in [0.25, 0.3) is 0 Å². The number of dihydropyridines is 1. The Hall–Kier alpha value is -1.09. The Morgan fingerprint density at radius 1 is 1.60 bits per heavy atom. The van der Waals surface area contributed by atoms with Crippen LogP contribution in [0.15, 0.2) is 24.4 Å². The lowest BCUT2D eigenvalue weighted by atomic mass is 10.1. The Balaban J connectivity index is 2.80. The molecular weight excluding hydrogens is 128 g/mol. The molecule has 1 atom stereocenters. The molecule has 3 N–H and O–H groups in total. The first-order valence-corrected chi connectivity index (χ1v) is 3.07. The minimum Gasteiger partial charge on any atom is -0.364 e. The second kappa shape index (κ2) is 2.27. The van der Waals surface area contributed by atoms with Crippen LogP contribution in [-0.2, 0) is 4.79 Å². The Bertz CT molecular complexity index is 208. The van der Waals surface area contributed by atoms with Gasteiger partial charge >= 0.3 is 0 Å². The number of nitrogens with one attached hydrogen (secondary N) is 1. The molecule has 0 saturated heterocycles. The number of carbonyl (C=O) groups is 1. The third-order valence-electron chi connectivity index (χ3n) is 1.47. The van der Waals surface area contributed by atoms with Crippen molar-refractivity contribution in [1.29, 1.82) is 0 Å². The van der Waals surface area contributed by atoms with E-state index in [-0.39, 0.29) is 5.78 Å². The molecule has 0 fully saturated rings. The summed E-state index contributed by atoms with van der Waals surface area (Å²) < 4.78 is 0. The number of nitrogens with two attached hydrogens (primary N) is 1. The molecule has 1 rings (SSSR count). The zero-order chi connectivity index (χ0) is 7.61. The van der Waals surface area contributed by atoms with Gasteiger partial charge in [0.05, 0.1) is 0 Å². The number of allylic oxidation sites excluding steroid dienone is 2. The molecule has 0 spiro atoms. The fourth-order valence-corrected chi connectivity index (χ4v) is 0.716. The minimum absolute atomic E-state index is 0.0897. The number of hydrogen-bond acceptors (Lipinski definition) is 3. The average Bonchev–Trinajstić information content (AvgIpc) is 1.89. The van der Waals surface area contributed by atoms with Gasteiger partial charge in [-0.1, -0.05) is 6.08 Å². The van der Waals surface area contributed by atoms with Gasteiger partial charge in [-0.25, -0.2) is 0 Å². The van der Waals surface area contributed by atoms with E-state index >= 15 is 0 Å². The smallest absolute Gasteiger partial charge is 0.173 e. The van der Waals surface area contributed by atoms with Gasteiger partial charge in [-0.3, -0.25) is 10.5 Å². The third-order valence-corrected chi connectivity index (χ3v) is 1.47. The molecule has 54 valence electrons. The molecule has 1 aliphatic rings. The van der Waals surface area contributed by atoms with Gasteiger partial charge in [0.15, 0.2) is 11.4 Å². The van der Waals surface area contributed by atoms with Crippen LogP contribution in [0.1, 0.15) is 6.92 Å². The number of carbonyl (C=O) groups excluding carboxylic acids is 1. The molecule has 0 aromatic heterocycles. The molecule has 0 amide bonds. The normalized spacial score (nSPS) is 29.8. The zero-order valence-corrected chi connectivity index (χ0v) is 5.79. The standard InChI is InChI=1S/C7H10N2O/c1-6(10)7(8)4-2-3-5-9-7/h2-5,9H,8H2,1H3. The Labute approximate surface area is 59.6 Å². The van der Waals surface area contributed by atoms with Crippen molar-refractivity contribution in [3.63, 3.8) is 0 Å². The van der Waals surface area contributed by atoms with Crippen molar-refractivity contribution in [2.45, 2.75) is 12.6 Å². The van der Waals surface area contributed by atoms with E-state index in [1.54, 1.807) is 24.4 Å². The zero-order valence-electron chi connectivity index (χ0n) is 5.79. The van der Waals surface area contributed by atoms with E-state index in [2.05, 4.69) is 5.32 Å². The fourth-order valence-electron chi connectivity index (χ4n) is 0.716. The summed E-state index contributed by atoms with van der Waals surface area (Å²) in [6.07, 6.45) is 6.82. The predicted molar refractivity (Wildman–Crippen MR) is 39.0 cm³/mol. The van der Waals surface area contributed by atoms with Crippen molar-refractivity contribution in [1.82, 2.24) is 5.32 Å². The maximum absolute atomic E-state index is 10.8. The van der Waals surface area contributed by atoms with Crippen LogP contribution in [-0.4, -0.2) is 11.4 Å². The monoisotopic (exact) mass is 138 g/mol. The number of hydrogen-bond donors (Lipinski definition) is 2. The largest absolute Gasteiger partial charge is 0.364 e. The summed E-state index contributed by atoms with van der Waals surface area (Å²) in [4.78, 5) is 10.8. The maximum atomic E-state index is 10.8. The molecule has 10 heavy (non-hydrogen) atoms. The van der Waals surface area contributed by atoms with Crippen molar-refractivity contribution in [3.8, 4) is 0 Å². The van der Waals surface area contributed by atoms with Crippen molar-refractivity contribution in [2.24, 2.45) is 5.73 Å². The molecule has 1 unspecified atom stereocenters. The van der Waals surface area contributed by atoms with E-state index in [0.29, 0.717) is 0 Å². The minimum atomic E-state index is -0.977. The van der Waals surface area contributed by atoms with E-state index in [9.17, 15) is 4.79 Å². The average molecular weight is 138 g/mol. The maximum Gasteiger partial charge on any atom is 0.173 e. The summed E-state index contributed by atoms with van der Waals surface area (Å²) in [5, 5.41) is 2.76. The second-order valence-corrected chi connectivity index (χ2v) is 2.29. The molecule has 3 nitrogen and oxygen atoms in total. The molecule has 0 aliphatic carbocycles. The van der Waals surface area contributed by atoms with E-state index in [4.69, 9.17) is 5.73 Å². The molecule has 0 bridgehead atoms. The lowest BCUT2D eigenvalue weighted by Crippen LogP contribution is -2.55. The van der Waals surface area contributed by atoms with Gasteiger partial charge in [-0.15, -0.1) is 0 Å². The summed E-state index contributed by atoms with van der Waals surface area (Å²) in [7, 11) is 0. The Morgan fingerprint density at radius 3 is 2.60 bits per heavy atom. The highest BCUT2D eigenvalue weighted by molar-refractivity contribution is 5.88. The molecule has 0 aromatic rings. The summed E-state index contributed by atoms with van der Waals surface area (Å²) in [6, 6.07) is 0. The second-order valence-electron chi connectivity index (χ2n) is 2.29. The number of rotatable bonds is 1. The van der Waals surface area contributed by atoms with Gasteiger partial charge in [-0.05, 0) is 25.3 Å². The predicted octanol–water partition coefficient (Wildman–Crippen LogP) is -0.0965. The molecule has 1 aliphatic heterocycles. The first-order chi connectivity index (χ1) is 4.65. The quantitative estimate of drug-likeness (QED) is 0.532. The van der Waals surface area contributed by atoms with Crippen LogP contribution in [0.25, 0.3) is 0 Å². The summed E-state index contributed by atoms with van der Waals surface area (Å²) in [5.41, 5.74) is 4.63. The van der Waals surface area contributed by atoms with Gasteiger partial charge in [0.1, 0.15) is 0 Å². The summed E-state index contributed by atoms with van der Waals surface area (Å²) >= 11 is 0. The van der Waals surface area contributed by atoms with Crippen LogP contribution in [0.3, 0.4) is 0 Å². The van der Waals surface area contributed by atoms with Crippen molar-refractivity contribution >= 4 is 5.78 Å². The lowest BCUT2D eigenvalue weighted by Gasteiger charge is -2.24. The van der Waals surface area contributed by atoms with Crippen LogP contribution in [0.5, 0.6) is 0 Å². The van der Waals surface area contributed by atoms with E-state index < -0.39 is 5.66 Å². The Morgan fingerprint density at radius 2 is 2.30 bits per heavy atom. The van der Waals surface area contributed by atoms with E-state index in [1.165, 1.54) is 6.92 Å². The topological polar surface area (TPSA) is 55.1 Å². The Kier molecular flexibility index (Phi) is 1.59. The first kappa shape index (κ1) is 7.02. The molecule has 0 radical (unpaired) electrons. The lowest BCUT2D eigenvalue weighted by molar-refractivity contribution is -0.121. The van der Waals surface area contributed by atoms with Crippen LogP contribution in [0.2, 0.25) is 0 Å². The number of ketones is 1. The molecule has 0 saturated carbocycles. The van der Waals surface area contributed by atoms with Gasteiger partial charge in [0, 0.05) is 0 Å². The van der Waals surface area contributed by atoms with Crippen molar-refractivity contribution in [3.05, 3.63) is 24.4 Å². The molecular formula is C7H10N2O. The van der Waals surface area contributed by atoms with Gasteiger partial charge < -0.3 is 5.32 Å². The van der Waals surface area contributed by atoms with Gasteiger partial charge in [-0.2, -0.15) is 0 Å². The molecule has 0 aromatic carbocycles. The van der Waals surface area contributed by atoms with Crippen LogP contribution < -0.4 is 11.1 Å². The highest BCUT2D eigenvalue weighted by atomic mass is 16.1. The van der Waals surface area contributed by atoms with Crippen LogP contribution in [0, 0.1) is 0 Å². The van der Waals surface area contributed by atoms with E-state index in [1.807, 2.05) is 0 Å². The van der Waals surface area contributed by atoms with Crippen molar-refractivity contribution in [2.75, 3.05) is 0 Å². The fraction of sp³-hybridized carbons (Fsp3) is 0.286. The molecule has 1 heterocycles. The third kappa shape index (κ3) is 1.09. The highest BCUT2D eigenvalue weighted by Gasteiger charge is 2.26. The number of Topliss-reactive ketones (excluding diaryl/α,β-unsaturated/α-hetero) is 1. The summed E-state index contributed by atoms with van der Waals surface area (Å²) in [5.74, 6) is -0.0897. The first-order valence-electron chi connectivity index (χ1n) is 3.07. The van der Waals surface area contributed by atoms with Gasteiger partial charge in [0.2, 0.25) is 0 Å². The van der Waals surface area contributed by atoms with E-state index in [0.717, 1.165) is 0 Å². The highest BCUT2D eigenvalue weighted by Crippen LogP contribution is 2.03. The van der Waals surface area contributed by atoms with Crippen LogP contribution in [0.4, 0.5) is 0 Å². The molecule has 3 heteroatoms.